The van der Waals surface area contributed by atoms with Crippen LogP contribution >= 0.6 is 0 Å². The fraction of sp³-hybridized carbons (Fsp3) is 0.222. The number of para-hydroxylation sites is 2. The minimum absolute atomic E-state index is 0.0594. The maximum Gasteiger partial charge on any atom is 0.311 e. The molecule has 0 fully saturated rings. The number of hydrogen-bond acceptors (Lipinski definition) is 6. The van der Waals surface area contributed by atoms with Crippen LogP contribution in [0.1, 0.15) is 6.42 Å². The molecule has 0 aliphatic carbocycles. The van der Waals surface area contributed by atoms with E-state index in [1.165, 1.54) is 12.0 Å². The first kappa shape index (κ1) is 19.7. The Morgan fingerprint density at radius 2 is 2.04 bits per heavy atom. The van der Waals surface area contributed by atoms with E-state index in [0.29, 0.717) is 11.4 Å². The van der Waals surface area contributed by atoms with Crippen molar-refractivity contribution in [3.05, 3.63) is 58.4 Å². The van der Waals surface area contributed by atoms with Crippen LogP contribution in [-0.4, -0.2) is 31.1 Å². The topological polar surface area (TPSA) is 106 Å². The number of rotatable bonds is 8. The van der Waals surface area contributed by atoms with Crippen molar-refractivity contribution in [1.82, 2.24) is 0 Å². The molecule has 8 nitrogen and oxygen atoms in total. The standard InChI is InChI=1S/C18H16FN3O5/c1-26-16-6-3-2-5-14(16)21(10-4-9-20)18(23)12-27-17-11-13(19)7-8-15(17)22(24)25/h2-3,5-8,11H,4,10,12H2,1H3. The molecular formula is C18H16FN3O5. The van der Waals surface area contributed by atoms with E-state index >= 15 is 0 Å². The number of ether oxygens (including phenoxy) is 2. The van der Waals surface area contributed by atoms with Gasteiger partial charge in [0.15, 0.2) is 6.61 Å². The Morgan fingerprint density at radius 1 is 1.30 bits per heavy atom. The summed E-state index contributed by atoms with van der Waals surface area (Å²) < 4.78 is 23.8. The van der Waals surface area contributed by atoms with Crippen molar-refractivity contribution < 1.29 is 23.6 Å². The van der Waals surface area contributed by atoms with Gasteiger partial charge in [-0.25, -0.2) is 4.39 Å². The molecule has 0 spiro atoms. The van der Waals surface area contributed by atoms with Gasteiger partial charge in [-0.3, -0.25) is 14.9 Å². The number of nitrogens with zero attached hydrogens (tertiary/aromatic N) is 3. The first-order valence-corrected chi connectivity index (χ1v) is 7.85. The summed E-state index contributed by atoms with van der Waals surface area (Å²) in [5.74, 6) is -1.23. The van der Waals surface area contributed by atoms with Crippen LogP contribution in [0.4, 0.5) is 15.8 Å². The smallest absolute Gasteiger partial charge is 0.311 e. The van der Waals surface area contributed by atoms with Crippen molar-refractivity contribution >= 4 is 17.3 Å². The van der Waals surface area contributed by atoms with Gasteiger partial charge in [-0.05, 0) is 18.2 Å². The summed E-state index contributed by atoms with van der Waals surface area (Å²) >= 11 is 0. The van der Waals surface area contributed by atoms with Crippen LogP contribution in [0, 0.1) is 27.3 Å². The number of halogens is 1. The average Bonchev–Trinajstić information content (AvgIpc) is 2.66. The van der Waals surface area contributed by atoms with Crippen molar-refractivity contribution in [3.8, 4) is 17.6 Å². The second kappa shape index (κ2) is 9.15. The number of carbonyl (C=O) groups excluding carboxylic acids is 1. The molecule has 1 amide bonds. The molecule has 2 aromatic rings. The maximum absolute atomic E-state index is 13.4. The second-order valence-electron chi connectivity index (χ2n) is 5.28. The van der Waals surface area contributed by atoms with Gasteiger partial charge in [0.05, 0.1) is 30.2 Å². The Hall–Kier alpha value is -3.67. The van der Waals surface area contributed by atoms with Crippen molar-refractivity contribution in [2.45, 2.75) is 6.42 Å². The highest BCUT2D eigenvalue weighted by molar-refractivity contribution is 5.96. The number of nitro groups is 1. The van der Waals surface area contributed by atoms with Gasteiger partial charge in [0, 0.05) is 18.7 Å². The lowest BCUT2D eigenvalue weighted by Crippen LogP contribution is -2.36. The van der Waals surface area contributed by atoms with Crippen LogP contribution < -0.4 is 14.4 Å². The third-order valence-electron chi connectivity index (χ3n) is 3.59. The quantitative estimate of drug-likeness (QED) is 0.520. The third-order valence-corrected chi connectivity index (χ3v) is 3.59. The van der Waals surface area contributed by atoms with Gasteiger partial charge in [-0.15, -0.1) is 0 Å². The average molecular weight is 373 g/mol. The van der Waals surface area contributed by atoms with Gasteiger partial charge < -0.3 is 14.4 Å². The molecule has 0 aliphatic heterocycles. The molecule has 0 radical (unpaired) electrons. The fourth-order valence-electron chi connectivity index (χ4n) is 2.37. The number of benzene rings is 2. The molecule has 0 saturated carbocycles. The molecule has 9 heteroatoms. The van der Waals surface area contributed by atoms with Gasteiger partial charge >= 0.3 is 5.69 Å². The number of anilines is 1. The Balaban J connectivity index is 2.24. The fourth-order valence-corrected chi connectivity index (χ4v) is 2.37. The predicted octanol–water partition coefficient (Wildman–Crippen LogP) is 3.07. The molecule has 140 valence electrons. The number of carbonyl (C=O) groups is 1. The molecule has 0 aromatic heterocycles. The highest BCUT2D eigenvalue weighted by atomic mass is 19.1. The molecule has 0 unspecified atom stereocenters. The van der Waals surface area contributed by atoms with Gasteiger partial charge in [-0.1, -0.05) is 12.1 Å². The lowest BCUT2D eigenvalue weighted by atomic mass is 10.2. The molecule has 0 saturated heterocycles. The monoisotopic (exact) mass is 373 g/mol. The molecule has 2 aromatic carbocycles. The lowest BCUT2D eigenvalue weighted by molar-refractivity contribution is -0.385. The van der Waals surface area contributed by atoms with Crippen molar-refractivity contribution in [2.24, 2.45) is 0 Å². The number of nitriles is 1. The van der Waals surface area contributed by atoms with Gasteiger partial charge in [0.1, 0.15) is 11.6 Å². The highest BCUT2D eigenvalue weighted by Crippen LogP contribution is 2.30. The summed E-state index contributed by atoms with van der Waals surface area (Å²) in [5.41, 5.74) is -0.0253. The van der Waals surface area contributed by atoms with Crippen LogP contribution in [0.3, 0.4) is 0 Å². The summed E-state index contributed by atoms with van der Waals surface area (Å²) in [5, 5.41) is 19.9. The van der Waals surface area contributed by atoms with E-state index in [0.717, 1.165) is 18.2 Å². The Labute approximate surface area is 154 Å². The Kier molecular flexibility index (Phi) is 6.66. The van der Waals surface area contributed by atoms with Crippen LogP contribution in [0.2, 0.25) is 0 Å². The number of methoxy groups -OCH3 is 1. The zero-order chi connectivity index (χ0) is 19.8. The maximum atomic E-state index is 13.4. The number of amides is 1. The molecular weight excluding hydrogens is 357 g/mol. The van der Waals surface area contributed by atoms with Crippen molar-refractivity contribution in [1.29, 1.82) is 5.26 Å². The van der Waals surface area contributed by atoms with Crippen LogP contribution in [0.25, 0.3) is 0 Å². The normalized spacial score (nSPS) is 9.96. The first-order valence-electron chi connectivity index (χ1n) is 7.85. The van der Waals surface area contributed by atoms with Crippen molar-refractivity contribution in [2.75, 3.05) is 25.2 Å². The summed E-state index contributed by atoms with van der Waals surface area (Å²) in [7, 11) is 1.44. The van der Waals surface area contributed by atoms with Crippen molar-refractivity contribution in [3.63, 3.8) is 0 Å². The Bertz CT molecular complexity index is 882. The van der Waals surface area contributed by atoms with E-state index in [-0.39, 0.29) is 18.7 Å². The zero-order valence-corrected chi connectivity index (χ0v) is 14.4. The summed E-state index contributed by atoms with van der Waals surface area (Å²) in [4.78, 5) is 24.2. The molecule has 0 N–H and O–H groups in total. The zero-order valence-electron chi connectivity index (χ0n) is 14.4. The number of nitro benzene ring substituents is 1. The number of hydrogen-bond donors (Lipinski definition) is 0. The van der Waals surface area contributed by atoms with E-state index in [1.54, 1.807) is 24.3 Å². The van der Waals surface area contributed by atoms with Crippen LogP contribution in [-0.2, 0) is 4.79 Å². The summed E-state index contributed by atoms with van der Waals surface area (Å²) in [6.45, 7) is -0.502. The minimum atomic E-state index is -0.729. The SMILES string of the molecule is COc1ccccc1N(CCC#N)C(=O)COc1cc(F)ccc1[N+](=O)[O-]. The minimum Gasteiger partial charge on any atom is -0.495 e. The predicted molar refractivity (Wildman–Crippen MR) is 94.1 cm³/mol. The van der Waals surface area contributed by atoms with Gasteiger partial charge in [0.25, 0.3) is 5.91 Å². The highest BCUT2D eigenvalue weighted by Gasteiger charge is 2.22. The molecule has 0 atom stereocenters. The molecule has 2 rings (SSSR count). The van der Waals surface area contributed by atoms with Gasteiger partial charge in [-0.2, -0.15) is 5.26 Å². The largest absolute Gasteiger partial charge is 0.495 e. The van der Waals surface area contributed by atoms with Crippen LogP contribution in [0.15, 0.2) is 42.5 Å². The summed E-state index contributed by atoms with van der Waals surface area (Å²) in [6, 6.07) is 11.4. The Morgan fingerprint density at radius 3 is 2.70 bits per heavy atom. The summed E-state index contributed by atoms with van der Waals surface area (Å²) in [6.07, 6.45) is 0.0594. The second-order valence-corrected chi connectivity index (χ2v) is 5.28. The van der Waals surface area contributed by atoms with E-state index in [4.69, 9.17) is 14.7 Å². The van der Waals surface area contributed by atoms with E-state index in [9.17, 15) is 19.3 Å². The van der Waals surface area contributed by atoms with E-state index in [1.807, 2.05) is 6.07 Å². The first-order chi connectivity index (χ1) is 13.0. The molecule has 0 heterocycles. The van der Waals surface area contributed by atoms with Gasteiger partial charge in [0.2, 0.25) is 5.75 Å². The lowest BCUT2D eigenvalue weighted by Gasteiger charge is -2.23. The molecule has 27 heavy (non-hydrogen) atoms. The van der Waals surface area contributed by atoms with Crippen LogP contribution in [0.5, 0.6) is 11.5 Å². The van der Waals surface area contributed by atoms with E-state index in [2.05, 4.69) is 0 Å². The molecule has 0 bridgehead atoms. The molecule has 0 aliphatic rings. The third kappa shape index (κ3) is 4.92. The van der Waals surface area contributed by atoms with E-state index < -0.39 is 28.9 Å².